The molecule has 150 valence electrons. The van der Waals surface area contributed by atoms with Gasteiger partial charge in [-0.15, -0.1) is 0 Å². The minimum atomic E-state index is -0.230. The van der Waals surface area contributed by atoms with Crippen molar-refractivity contribution in [3.63, 3.8) is 0 Å². The van der Waals surface area contributed by atoms with Crippen molar-refractivity contribution in [1.29, 1.82) is 0 Å². The predicted octanol–water partition coefficient (Wildman–Crippen LogP) is 4.83. The van der Waals surface area contributed by atoms with Crippen LogP contribution in [-0.4, -0.2) is 29.8 Å². The lowest BCUT2D eigenvalue weighted by atomic mass is 9.97. The second-order valence-electron chi connectivity index (χ2n) is 8.45. The van der Waals surface area contributed by atoms with Crippen molar-refractivity contribution in [2.45, 2.75) is 39.5 Å². The van der Waals surface area contributed by atoms with E-state index in [4.69, 9.17) is 0 Å². The van der Waals surface area contributed by atoms with E-state index >= 15 is 0 Å². The maximum absolute atomic E-state index is 13.5. The molecule has 0 bridgehead atoms. The molecule has 1 fully saturated rings. The third-order valence-corrected chi connectivity index (χ3v) is 6.04. The molecule has 2 aromatic rings. The molecule has 2 aliphatic rings. The van der Waals surface area contributed by atoms with Gasteiger partial charge in [0.25, 0.3) is 11.8 Å². The van der Waals surface area contributed by atoms with E-state index in [-0.39, 0.29) is 11.8 Å². The average molecular weight is 389 g/mol. The molecule has 4 rings (SSSR count). The van der Waals surface area contributed by atoms with Crippen molar-refractivity contribution in [1.82, 2.24) is 4.90 Å². The Balaban J connectivity index is 1.75. The molecule has 0 atom stereocenters. The van der Waals surface area contributed by atoms with E-state index in [0.29, 0.717) is 28.8 Å². The van der Waals surface area contributed by atoms with Gasteiger partial charge in [0.05, 0.1) is 11.3 Å². The molecule has 0 N–H and O–H groups in total. The first-order valence-corrected chi connectivity index (χ1v) is 10.5. The standard InChI is InChI=1S/C25H28N2O2/c1-17(2)19-9-11-21(12-10-19)27-24(28)22(20-7-5-4-6-8-20)23(25(27)29)26-15-13-18(3)14-16-26/h4-12,17-18H,13-16H2,1-3H3. The third-order valence-electron chi connectivity index (χ3n) is 6.04. The summed E-state index contributed by atoms with van der Waals surface area (Å²) >= 11 is 0. The van der Waals surface area contributed by atoms with Crippen molar-refractivity contribution >= 4 is 23.1 Å². The minimum absolute atomic E-state index is 0.208. The fourth-order valence-corrected chi connectivity index (χ4v) is 4.15. The third kappa shape index (κ3) is 3.59. The molecule has 4 nitrogen and oxygen atoms in total. The average Bonchev–Trinajstić information content (AvgIpc) is 2.99. The first kappa shape index (κ1) is 19.4. The lowest BCUT2D eigenvalue weighted by molar-refractivity contribution is -0.120. The van der Waals surface area contributed by atoms with Crippen LogP contribution in [0.25, 0.3) is 5.57 Å². The number of likely N-dealkylation sites (tertiary alicyclic amines) is 1. The summed E-state index contributed by atoms with van der Waals surface area (Å²) in [5.41, 5.74) is 3.72. The molecule has 0 spiro atoms. The zero-order valence-corrected chi connectivity index (χ0v) is 17.4. The second kappa shape index (κ2) is 7.86. The molecule has 1 saturated heterocycles. The van der Waals surface area contributed by atoms with Crippen molar-refractivity contribution < 1.29 is 9.59 Å². The second-order valence-corrected chi connectivity index (χ2v) is 8.45. The quantitative estimate of drug-likeness (QED) is 0.705. The van der Waals surface area contributed by atoms with Crippen LogP contribution in [0.2, 0.25) is 0 Å². The van der Waals surface area contributed by atoms with Crippen LogP contribution in [0.1, 0.15) is 50.7 Å². The van der Waals surface area contributed by atoms with Gasteiger partial charge in [0.2, 0.25) is 0 Å². The maximum atomic E-state index is 13.5. The monoisotopic (exact) mass is 388 g/mol. The van der Waals surface area contributed by atoms with Crippen LogP contribution < -0.4 is 4.90 Å². The van der Waals surface area contributed by atoms with Gasteiger partial charge in [-0.3, -0.25) is 9.59 Å². The molecule has 0 aromatic heterocycles. The molecule has 4 heteroatoms. The van der Waals surface area contributed by atoms with E-state index in [2.05, 4.69) is 25.7 Å². The van der Waals surface area contributed by atoms with Gasteiger partial charge in [-0.2, -0.15) is 0 Å². The number of nitrogens with zero attached hydrogens (tertiary/aromatic N) is 2. The molecule has 2 aromatic carbocycles. The fourth-order valence-electron chi connectivity index (χ4n) is 4.15. The van der Waals surface area contributed by atoms with Crippen molar-refractivity contribution in [2.75, 3.05) is 18.0 Å². The molecule has 29 heavy (non-hydrogen) atoms. The summed E-state index contributed by atoms with van der Waals surface area (Å²) in [5.74, 6) is 0.615. The molecule has 0 aliphatic carbocycles. The number of piperidine rings is 1. The van der Waals surface area contributed by atoms with Crippen molar-refractivity contribution in [2.24, 2.45) is 5.92 Å². The Hall–Kier alpha value is -2.88. The molecule has 0 radical (unpaired) electrons. The van der Waals surface area contributed by atoms with Gasteiger partial charge in [0.1, 0.15) is 5.70 Å². The Morgan fingerprint density at radius 3 is 2.07 bits per heavy atom. The fraction of sp³-hybridized carbons (Fsp3) is 0.360. The number of hydrogen-bond acceptors (Lipinski definition) is 3. The van der Waals surface area contributed by atoms with Crippen LogP contribution >= 0.6 is 0 Å². The van der Waals surface area contributed by atoms with E-state index < -0.39 is 0 Å². The van der Waals surface area contributed by atoms with E-state index in [1.54, 1.807) is 0 Å². The van der Waals surface area contributed by atoms with Crippen LogP contribution in [0.3, 0.4) is 0 Å². The molecular formula is C25H28N2O2. The Morgan fingerprint density at radius 1 is 0.862 bits per heavy atom. The molecule has 0 saturated carbocycles. The van der Waals surface area contributed by atoms with Crippen molar-refractivity contribution in [3.05, 3.63) is 71.4 Å². The number of imide groups is 1. The zero-order chi connectivity index (χ0) is 20.5. The zero-order valence-electron chi connectivity index (χ0n) is 17.4. The molecule has 2 heterocycles. The lowest BCUT2D eigenvalue weighted by Crippen LogP contribution is -2.38. The van der Waals surface area contributed by atoms with Crippen LogP contribution in [-0.2, 0) is 9.59 Å². The normalized spacial score (nSPS) is 18.3. The van der Waals surface area contributed by atoms with Gasteiger partial charge < -0.3 is 4.90 Å². The number of amides is 2. The molecule has 2 amide bonds. The van der Waals surface area contributed by atoms with E-state index in [1.165, 1.54) is 10.5 Å². The number of anilines is 1. The van der Waals surface area contributed by atoms with E-state index in [1.807, 2.05) is 54.6 Å². The number of carbonyl (C=O) groups excluding carboxylic acids is 2. The maximum Gasteiger partial charge on any atom is 0.282 e. The highest BCUT2D eigenvalue weighted by atomic mass is 16.2. The largest absolute Gasteiger partial charge is 0.366 e. The van der Waals surface area contributed by atoms with Gasteiger partial charge in [-0.1, -0.05) is 63.2 Å². The Labute approximate surface area is 172 Å². The molecule has 0 unspecified atom stereocenters. The molecular weight excluding hydrogens is 360 g/mol. The summed E-state index contributed by atoms with van der Waals surface area (Å²) in [7, 11) is 0. The first-order valence-electron chi connectivity index (χ1n) is 10.5. The number of hydrogen-bond donors (Lipinski definition) is 0. The summed E-state index contributed by atoms with van der Waals surface area (Å²) in [6, 6.07) is 17.4. The SMILES string of the molecule is CC1CCN(C2=C(c3ccccc3)C(=O)N(c3ccc(C(C)C)cc3)C2=O)CC1. The molecule has 2 aliphatic heterocycles. The summed E-state index contributed by atoms with van der Waals surface area (Å²) in [4.78, 5) is 30.4. The number of rotatable bonds is 4. The predicted molar refractivity (Wildman–Crippen MR) is 116 cm³/mol. The van der Waals surface area contributed by atoms with Crippen LogP contribution in [0.15, 0.2) is 60.3 Å². The van der Waals surface area contributed by atoms with Crippen LogP contribution in [0.5, 0.6) is 0 Å². The summed E-state index contributed by atoms with van der Waals surface area (Å²) < 4.78 is 0. The van der Waals surface area contributed by atoms with Gasteiger partial charge >= 0.3 is 0 Å². The smallest absolute Gasteiger partial charge is 0.282 e. The highest BCUT2D eigenvalue weighted by Gasteiger charge is 2.42. The topological polar surface area (TPSA) is 40.6 Å². The lowest BCUT2D eigenvalue weighted by Gasteiger charge is -2.32. The summed E-state index contributed by atoms with van der Waals surface area (Å²) in [5, 5.41) is 0. The highest BCUT2D eigenvalue weighted by Crippen LogP contribution is 2.36. The first-order chi connectivity index (χ1) is 14.0. The van der Waals surface area contributed by atoms with Crippen LogP contribution in [0, 0.1) is 5.92 Å². The van der Waals surface area contributed by atoms with E-state index in [0.717, 1.165) is 31.5 Å². The Morgan fingerprint density at radius 2 is 1.48 bits per heavy atom. The summed E-state index contributed by atoms with van der Waals surface area (Å²) in [6.07, 6.45) is 2.08. The van der Waals surface area contributed by atoms with Crippen molar-refractivity contribution in [3.8, 4) is 0 Å². The van der Waals surface area contributed by atoms with E-state index in [9.17, 15) is 9.59 Å². The van der Waals surface area contributed by atoms with Crippen LogP contribution in [0.4, 0.5) is 5.69 Å². The minimum Gasteiger partial charge on any atom is -0.366 e. The summed E-state index contributed by atoms with van der Waals surface area (Å²) in [6.45, 7) is 8.13. The van der Waals surface area contributed by atoms with Gasteiger partial charge in [-0.25, -0.2) is 4.90 Å². The van der Waals surface area contributed by atoms with Gasteiger partial charge in [0.15, 0.2) is 0 Å². The van der Waals surface area contributed by atoms with Gasteiger partial charge in [0, 0.05) is 13.1 Å². The number of carbonyl (C=O) groups is 2. The Bertz CT molecular complexity index is 937. The number of benzene rings is 2. The Kier molecular flexibility index (Phi) is 5.27. The van der Waals surface area contributed by atoms with Gasteiger partial charge in [-0.05, 0) is 47.9 Å². The highest BCUT2D eigenvalue weighted by molar-refractivity contribution is 6.45.